The summed E-state index contributed by atoms with van der Waals surface area (Å²) in [7, 11) is 1.61. The van der Waals surface area contributed by atoms with Crippen molar-refractivity contribution in [3.05, 3.63) is 0 Å². The molecule has 4 heteroatoms. The Labute approximate surface area is 78.6 Å². The molecule has 1 rings (SSSR count). The Kier molecular flexibility index (Phi) is 4.62. The second kappa shape index (κ2) is 5.52. The van der Waals surface area contributed by atoms with Gasteiger partial charge < -0.3 is 14.8 Å². The molecular formula is C9H18FNO2. The van der Waals surface area contributed by atoms with Crippen molar-refractivity contribution in [2.45, 2.75) is 18.5 Å². The molecule has 1 aliphatic rings. The summed E-state index contributed by atoms with van der Waals surface area (Å²) in [5.74, 6) is 0. The topological polar surface area (TPSA) is 30.5 Å². The van der Waals surface area contributed by atoms with Crippen LogP contribution in [-0.2, 0) is 9.47 Å². The molecule has 1 N–H and O–H groups in total. The number of nitrogens with one attached hydrogen (secondary N) is 1. The Bertz CT molecular complexity index is 138. The number of hydrogen-bond acceptors (Lipinski definition) is 3. The van der Waals surface area contributed by atoms with Crippen LogP contribution in [0.2, 0.25) is 0 Å². The highest BCUT2D eigenvalue weighted by Gasteiger charge is 2.31. The molecule has 0 atom stereocenters. The SMILES string of the molecule is COCCOCC1(F)CCNCC1. The average molecular weight is 191 g/mol. The third kappa shape index (κ3) is 4.02. The Morgan fingerprint density at radius 2 is 2.00 bits per heavy atom. The highest BCUT2D eigenvalue weighted by Crippen LogP contribution is 2.23. The number of methoxy groups -OCH3 is 1. The molecule has 0 amide bonds. The maximum Gasteiger partial charge on any atom is 0.136 e. The predicted octanol–water partition coefficient (Wildman–Crippen LogP) is 0.741. The molecular weight excluding hydrogens is 173 g/mol. The van der Waals surface area contributed by atoms with Crippen LogP contribution in [0.1, 0.15) is 12.8 Å². The number of hydrogen-bond donors (Lipinski definition) is 1. The number of piperidine rings is 1. The lowest BCUT2D eigenvalue weighted by Gasteiger charge is -2.29. The number of halogens is 1. The normalized spacial score (nSPS) is 21.7. The van der Waals surface area contributed by atoms with E-state index in [0.29, 0.717) is 26.1 Å². The zero-order chi connectivity index (χ0) is 9.57. The smallest absolute Gasteiger partial charge is 0.136 e. The molecule has 1 heterocycles. The molecule has 3 nitrogen and oxygen atoms in total. The van der Waals surface area contributed by atoms with Gasteiger partial charge in [0, 0.05) is 7.11 Å². The summed E-state index contributed by atoms with van der Waals surface area (Å²) in [4.78, 5) is 0. The van der Waals surface area contributed by atoms with Crippen LogP contribution < -0.4 is 5.32 Å². The standard InChI is InChI=1S/C9H18FNO2/c1-12-6-7-13-8-9(10)2-4-11-5-3-9/h11H,2-8H2,1H3. The molecule has 0 bridgehead atoms. The maximum atomic E-state index is 13.8. The second-order valence-electron chi connectivity index (χ2n) is 3.45. The Morgan fingerprint density at radius 1 is 1.31 bits per heavy atom. The van der Waals surface area contributed by atoms with Crippen LogP contribution >= 0.6 is 0 Å². The van der Waals surface area contributed by atoms with Gasteiger partial charge in [0.05, 0.1) is 19.8 Å². The van der Waals surface area contributed by atoms with Crippen molar-refractivity contribution in [2.75, 3.05) is 40.0 Å². The predicted molar refractivity (Wildman–Crippen MR) is 48.6 cm³/mol. The van der Waals surface area contributed by atoms with E-state index in [1.165, 1.54) is 0 Å². The van der Waals surface area contributed by atoms with Gasteiger partial charge >= 0.3 is 0 Å². The van der Waals surface area contributed by atoms with Gasteiger partial charge in [0.2, 0.25) is 0 Å². The first-order valence-electron chi connectivity index (χ1n) is 4.73. The summed E-state index contributed by atoms with van der Waals surface area (Å²) >= 11 is 0. The summed E-state index contributed by atoms with van der Waals surface area (Å²) in [5.41, 5.74) is -1.11. The van der Waals surface area contributed by atoms with Crippen LogP contribution in [0.3, 0.4) is 0 Å². The van der Waals surface area contributed by atoms with Gasteiger partial charge in [-0.05, 0) is 25.9 Å². The molecule has 0 aromatic carbocycles. The Morgan fingerprint density at radius 3 is 2.62 bits per heavy atom. The van der Waals surface area contributed by atoms with Gasteiger partial charge in [-0.1, -0.05) is 0 Å². The first-order valence-corrected chi connectivity index (χ1v) is 4.73. The van der Waals surface area contributed by atoms with Gasteiger partial charge in [0.25, 0.3) is 0 Å². The fraction of sp³-hybridized carbons (Fsp3) is 1.00. The summed E-state index contributed by atoms with van der Waals surface area (Å²) in [5, 5.41) is 3.12. The molecule has 0 aromatic heterocycles. The van der Waals surface area contributed by atoms with Crippen LogP contribution in [0.5, 0.6) is 0 Å². The minimum absolute atomic E-state index is 0.206. The van der Waals surface area contributed by atoms with Crippen molar-refractivity contribution < 1.29 is 13.9 Å². The molecule has 0 radical (unpaired) electrons. The van der Waals surface area contributed by atoms with Crippen LogP contribution in [0, 0.1) is 0 Å². The highest BCUT2D eigenvalue weighted by molar-refractivity contribution is 4.84. The van der Waals surface area contributed by atoms with Crippen molar-refractivity contribution in [2.24, 2.45) is 0 Å². The van der Waals surface area contributed by atoms with E-state index in [-0.39, 0.29) is 6.61 Å². The van der Waals surface area contributed by atoms with Gasteiger partial charge in [0.15, 0.2) is 0 Å². The molecule has 0 aliphatic carbocycles. The van der Waals surface area contributed by atoms with Crippen molar-refractivity contribution in [3.8, 4) is 0 Å². The van der Waals surface area contributed by atoms with Crippen molar-refractivity contribution in [1.29, 1.82) is 0 Å². The molecule has 1 fully saturated rings. The van der Waals surface area contributed by atoms with E-state index in [1.807, 2.05) is 0 Å². The quantitative estimate of drug-likeness (QED) is 0.650. The van der Waals surface area contributed by atoms with E-state index >= 15 is 0 Å². The van der Waals surface area contributed by atoms with Crippen LogP contribution in [0.25, 0.3) is 0 Å². The zero-order valence-corrected chi connectivity index (χ0v) is 8.14. The van der Waals surface area contributed by atoms with E-state index in [9.17, 15) is 4.39 Å². The fourth-order valence-corrected chi connectivity index (χ4v) is 1.42. The molecule has 1 saturated heterocycles. The molecule has 13 heavy (non-hydrogen) atoms. The van der Waals surface area contributed by atoms with E-state index < -0.39 is 5.67 Å². The third-order valence-electron chi connectivity index (χ3n) is 2.29. The lowest BCUT2D eigenvalue weighted by molar-refractivity contribution is -0.0189. The Balaban J connectivity index is 2.10. The molecule has 0 aromatic rings. The molecule has 0 saturated carbocycles. The van der Waals surface area contributed by atoms with Crippen LogP contribution in [0.4, 0.5) is 4.39 Å². The lowest BCUT2D eigenvalue weighted by Crippen LogP contribution is -2.42. The van der Waals surface area contributed by atoms with E-state index in [1.54, 1.807) is 7.11 Å². The second-order valence-corrected chi connectivity index (χ2v) is 3.45. The van der Waals surface area contributed by atoms with Crippen molar-refractivity contribution >= 4 is 0 Å². The van der Waals surface area contributed by atoms with Crippen molar-refractivity contribution in [1.82, 2.24) is 5.32 Å². The van der Waals surface area contributed by atoms with Gasteiger partial charge in [-0.25, -0.2) is 4.39 Å². The summed E-state index contributed by atoms with van der Waals surface area (Å²) in [6.07, 6.45) is 1.11. The van der Waals surface area contributed by atoms with Gasteiger partial charge in [-0.3, -0.25) is 0 Å². The summed E-state index contributed by atoms with van der Waals surface area (Å²) in [6, 6.07) is 0. The number of alkyl halides is 1. The van der Waals surface area contributed by atoms with Gasteiger partial charge in [-0.2, -0.15) is 0 Å². The van der Waals surface area contributed by atoms with Crippen molar-refractivity contribution in [3.63, 3.8) is 0 Å². The first-order chi connectivity index (χ1) is 6.27. The maximum absolute atomic E-state index is 13.8. The zero-order valence-electron chi connectivity index (χ0n) is 8.14. The first kappa shape index (κ1) is 10.9. The minimum atomic E-state index is -1.11. The molecule has 0 spiro atoms. The average Bonchev–Trinajstić information content (AvgIpc) is 2.14. The third-order valence-corrected chi connectivity index (χ3v) is 2.29. The summed E-state index contributed by atoms with van der Waals surface area (Å²) in [6.45, 7) is 2.73. The van der Waals surface area contributed by atoms with Crippen LogP contribution in [0.15, 0.2) is 0 Å². The van der Waals surface area contributed by atoms with E-state index in [0.717, 1.165) is 13.1 Å². The number of ether oxygens (including phenoxy) is 2. The Hall–Kier alpha value is -0.190. The monoisotopic (exact) mass is 191 g/mol. The molecule has 0 unspecified atom stereocenters. The highest BCUT2D eigenvalue weighted by atomic mass is 19.1. The van der Waals surface area contributed by atoms with E-state index in [2.05, 4.69) is 5.32 Å². The minimum Gasteiger partial charge on any atom is -0.382 e. The largest absolute Gasteiger partial charge is 0.382 e. The number of rotatable bonds is 5. The van der Waals surface area contributed by atoms with Gasteiger partial charge in [-0.15, -0.1) is 0 Å². The molecule has 1 aliphatic heterocycles. The summed E-state index contributed by atoms with van der Waals surface area (Å²) < 4.78 is 23.8. The lowest BCUT2D eigenvalue weighted by atomic mass is 9.96. The fourth-order valence-electron chi connectivity index (χ4n) is 1.42. The van der Waals surface area contributed by atoms with E-state index in [4.69, 9.17) is 9.47 Å². The molecule has 78 valence electrons. The van der Waals surface area contributed by atoms with Crippen LogP contribution in [-0.4, -0.2) is 45.7 Å². The van der Waals surface area contributed by atoms with Gasteiger partial charge in [0.1, 0.15) is 5.67 Å².